The van der Waals surface area contributed by atoms with Gasteiger partial charge in [-0.05, 0) is 37.5 Å². The summed E-state index contributed by atoms with van der Waals surface area (Å²) in [6.07, 6.45) is 0. The van der Waals surface area contributed by atoms with Gasteiger partial charge in [0.25, 0.3) is 5.78 Å². The number of ketones is 1. The van der Waals surface area contributed by atoms with Gasteiger partial charge < -0.3 is 9.84 Å². The van der Waals surface area contributed by atoms with Crippen LogP contribution in [0.5, 0.6) is 5.75 Å². The van der Waals surface area contributed by atoms with Gasteiger partial charge in [0.05, 0.1) is 12.7 Å². The van der Waals surface area contributed by atoms with Crippen molar-refractivity contribution in [2.75, 3.05) is 7.11 Å². The maximum absolute atomic E-state index is 11.7. The summed E-state index contributed by atoms with van der Waals surface area (Å²) in [4.78, 5) is 22.5. The zero-order chi connectivity index (χ0) is 13.3. The lowest BCUT2D eigenvalue weighted by atomic mass is 9.96. The zero-order valence-corrected chi connectivity index (χ0v) is 11.6. The van der Waals surface area contributed by atoms with Crippen LogP contribution in [-0.2, 0) is 4.79 Å². The van der Waals surface area contributed by atoms with E-state index < -0.39 is 11.8 Å². The molecule has 0 aliphatic heterocycles. The van der Waals surface area contributed by atoms with Crippen LogP contribution in [0.2, 0.25) is 0 Å². The topological polar surface area (TPSA) is 63.6 Å². The molecule has 17 heavy (non-hydrogen) atoms. The standard InChI is InChI=1S/C12H13BrO4/c1-5-6(2)11(17-4)8(7(3)9(5)13)10(14)12(15)16/h1-4H3,(H,15,16). The SMILES string of the molecule is COc1c(C)c(C)c(Br)c(C)c1C(=O)C(=O)O. The van der Waals surface area contributed by atoms with Crippen LogP contribution >= 0.6 is 15.9 Å². The largest absolute Gasteiger partial charge is 0.496 e. The maximum atomic E-state index is 11.7. The van der Waals surface area contributed by atoms with E-state index in [0.717, 1.165) is 15.6 Å². The van der Waals surface area contributed by atoms with Gasteiger partial charge in [0, 0.05) is 4.47 Å². The highest BCUT2D eigenvalue weighted by atomic mass is 79.9. The van der Waals surface area contributed by atoms with Gasteiger partial charge in [-0.3, -0.25) is 4.79 Å². The molecule has 5 heteroatoms. The van der Waals surface area contributed by atoms with Crippen LogP contribution in [0.15, 0.2) is 4.47 Å². The minimum absolute atomic E-state index is 0.106. The number of Topliss-reactive ketones (excluding diaryl/α,β-unsaturated/α-hetero) is 1. The molecular formula is C12H13BrO4. The number of carbonyl (C=O) groups is 2. The molecule has 0 fully saturated rings. The molecule has 0 radical (unpaired) electrons. The molecule has 0 heterocycles. The first-order valence-electron chi connectivity index (χ1n) is 4.93. The predicted molar refractivity (Wildman–Crippen MR) is 66.9 cm³/mol. The van der Waals surface area contributed by atoms with E-state index in [2.05, 4.69) is 15.9 Å². The third kappa shape index (κ3) is 2.20. The lowest BCUT2D eigenvalue weighted by Gasteiger charge is -2.16. The summed E-state index contributed by atoms with van der Waals surface area (Å²) in [6, 6.07) is 0. The number of ether oxygens (including phenoxy) is 1. The average molecular weight is 301 g/mol. The zero-order valence-electron chi connectivity index (χ0n) is 10.0. The Balaban J connectivity index is 3.70. The van der Waals surface area contributed by atoms with E-state index in [4.69, 9.17) is 9.84 Å². The molecule has 1 aromatic carbocycles. The summed E-state index contributed by atoms with van der Waals surface area (Å²) < 4.78 is 5.90. The Labute approximate surface area is 108 Å². The number of carboxylic acids is 1. The van der Waals surface area contributed by atoms with Gasteiger partial charge in [-0.25, -0.2) is 4.79 Å². The second-order valence-electron chi connectivity index (χ2n) is 3.73. The number of halogens is 1. The Kier molecular flexibility index (Phi) is 3.93. The van der Waals surface area contributed by atoms with Crippen molar-refractivity contribution in [2.45, 2.75) is 20.8 Å². The fourth-order valence-corrected chi connectivity index (χ4v) is 2.21. The highest BCUT2D eigenvalue weighted by Crippen LogP contribution is 2.36. The van der Waals surface area contributed by atoms with Crippen molar-refractivity contribution in [3.8, 4) is 5.75 Å². The molecule has 1 rings (SSSR count). The van der Waals surface area contributed by atoms with Gasteiger partial charge >= 0.3 is 5.97 Å². The van der Waals surface area contributed by atoms with Crippen molar-refractivity contribution >= 4 is 27.7 Å². The van der Waals surface area contributed by atoms with Gasteiger partial charge in [-0.15, -0.1) is 0 Å². The van der Waals surface area contributed by atoms with Crippen LogP contribution in [0.1, 0.15) is 27.0 Å². The summed E-state index contributed by atoms with van der Waals surface area (Å²) >= 11 is 3.36. The molecule has 1 N–H and O–H groups in total. The Hall–Kier alpha value is -1.36. The van der Waals surface area contributed by atoms with Crippen LogP contribution < -0.4 is 4.74 Å². The number of carbonyl (C=O) groups excluding carboxylic acids is 1. The average Bonchev–Trinajstić information content (AvgIpc) is 2.29. The summed E-state index contributed by atoms with van der Waals surface area (Å²) in [5.41, 5.74) is 2.38. The monoisotopic (exact) mass is 300 g/mol. The highest BCUT2D eigenvalue weighted by Gasteiger charge is 2.26. The molecule has 0 aromatic heterocycles. The molecule has 0 atom stereocenters. The first kappa shape index (κ1) is 13.7. The third-order valence-corrected chi connectivity index (χ3v) is 3.98. The first-order valence-corrected chi connectivity index (χ1v) is 5.73. The van der Waals surface area contributed by atoms with E-state index in [1.54, 1.807) is 13.8 Å². The summed E-state index contributed by atoms with van der Waals surface area (Å²) in [5.74, 6) is -2.11. The van der Waals surface area contributed by atoms with Gasteiger partial charge in [-0.2, -0.15) is 0 Å². The number of carboxylic acid groups (broad SMARTS) is 1. The maximum Gasteiger partial charge on any atom is 0.377 e. The third-order valence-electron chi connectivity index (χ3n) is 2.79. The molecule has 0 spiro atoms. The number of rotatable bonds is 3. The normalized spacial score (nSPS) is 10.2. The molecule has 4 nitrogen and oxygen atoms in total. The van der Waals surface area contributed by atoms with Crippen LogP contribution in [0.3, 0.4) is 0 Å². The quantitative estimate of drug-likeness (QED) is 0.688. The molecule has 0 unspecified atom stereocenters. The fraction of sp³-hybridized carbons (Fsp3) is 0.333. The van der Waals surface area contributed by atoms with Gasteiger partial charge in [0.1, 0.15) is 5.75 Å². The Bertz CT molecular complexity index is 506. The van der Waals surface area contributed by atoms with E-state index in [1.807, 2.05) is 6.92 Å². The summed E-state index contributed by atoms with van der Waals surface area (Å²) in [5, 5.41) is 8.81. The number of hydrogen-bond acceptors (Lipinski definition) is 3. The molecule has 0 aliphatic carbocycles. The molecule has 0 amide bonds. The predicted octanol–water partition coefficient (Wildman–Crippen LogP) is 2.65. The van der Waals surface area contributed by atoms with Crippen molar-refractivity contribution in [2.24, 2.45) is 0 Å². The molecule has 0 saturated carbocycles. The van der Waals surface area contributed by atoms with Crippen LogP contribution in [-0.4, -0.2) is 24.0 Å². The van der Waals surface area contributed by atoms with Crippen LogP contribution in [0.25, 0.3) is 0 Å². The van der Waals surface area contributed by atoms with Crippen molar-refractivity contribution in [1.29, 1.82) is 0 Å². The van der Waals surface area contributed by atoms with Gasteiger partial charge in [0.15, 0.2) is 0 Å². The van der Waals surface area contributed by atoms with Gasteiger partial charge in [-0.1, -0.05) is 15.9 Å². The first-order chi connectivity index (χ1) is 7.82. The number of methoxy groups -OCH3 is 1. The van der Waals surface area contributed by atoms with Crippen LogP contribution in [0.4, 0.5) is 0 Å². The van der Waals surface area contributed by atoms with Crippen molar-refractivity contribution < 1.29 is 19.4 Å². The fourth-order valence-electron chi connectivity index (χ4n) is 1.72. The smallest absolute Gasteiger partial charge is 0.377 e. The lowest BCUT2D eigenvalue weighted by molar-refractivity contribution is -0.131. The van der Waals surface area contributed by atoms with Crippen molar-refractivity contribution in [3.05, 3.63) is 26.7 Å². The second-order valence-corrected chi connectivity index (χ2v) is 4.52. The van der Waals surface area contributed by atoms with E-state index in [9.17, 15) is 9.59 Å². The minimum Gasteiger partial charge on any atom is -0.496 e. The van der Waals surface area contributed by atoms with E-state index in [1.165, 1.54) is 7.11 Å². The van der Waals surface area contributed by atoms with Crippen molar-refractivity contribution in [3.63, 3.8) is 0 Å². The van der Waals surface area contributed by atoms with Crippen molar-refractivity contribution in [1.82, 2.24) is 0 Å². The molecular weight excluding hydrogens is 288 g/mol. The van der Waals surface area contributed by atoms with E-state index in [0.29, 0.717) is 11.3 Å². The van der Waals surface area contributed by atoms with E-state index >= 15 is 0 Å². The number of benzene rings is 1. The summed E-state index contributed by atoms with van der Waals surface area (Å²) in [6.45, 7) is 5.36. The lowest BCUT2D eigenvalue weighted by Crippen LogP contribution is -2.17. The number of hydrogen-bond donors (Lipinski definition) is 1. The Morgan fingerprint density at radius 2 is 1.65 bits per heavy atom. The molecule has 0 aliphatic rings. The van der Waals surface area contributed by atoms with Gasteiger partial charge in [0.2, 0.25) is 0 Å². The number of aliphatic carboxylic acids is 1. The second kappa shape index (κ2) is 4.87. The summed E-state index contributed by atoms with van der Waals surface area (Å²) in [7, 11) is 1.42. The molecule has 0 bridgehead atoms. The molecule has 0 saturated heterocycles. The van der Waals surface area contributed by atoms with Crippen LogP contribution in [0, 0.1) is 20.8 Å². The minimum atomic E-state index is -1.48. The Morgan fingerprint density at radius 3 is 2.06 bits per heavy atom. The van der Waals surface area contributed by atoms with E-state index in [-0.39, 0.29) is 5.56 Å². The molecule has 92 valence electrons. The molecule has 1 aromatic rings. The Morgan fingerprint density at radius 1 is 1.12 bits per heavy atom. The highest BCUT2D eigenvalue weighted by molar-refractivity contribution is 9.10.